The molecule has 0 saturated carbocycles. The number of para-hydroxylation sites is 1. The van der Waals surface area contributed by atoms with Crippen LogP contribution in [0.25, 0.3) is 11.1 Å². The fourth-order valence-corrected chi connectivity index (χ4v) is 3.44. The van der Waals surface area contributed by atoms with Crippen LogP contribution in [0, 0.1) is 0 Å². The fraction of sp³-hybridized carbons (Fsp3) is 0.0526. The van der Waals surface area contributed by atoms with Gasteiger partial charge in [0.1, 0.15) is 5.75 Å². The standard InChI is InChI=1S/C19H17OP/c1-20-19-13-6-5-12-18(19)15-8-7-11-17(14-15)21-16-9-3-2-4-10-16/h2-14,21H,1H3. The molecule has 1 unspecified atom stereocenters. The molecule has 3 rings (SSSR count). The zero-order chi connectivity index (χ0) is 14.5. The summed E-state index contributed by atoms with van der Waals surface area (Å²) in [6, 6.07) is 27.4. The van der Waals surface area contributed by atoms with Gasteiger partial charge in [-0.05, 0) is 28.3 Å². The number of hydrogen-bond acceptors (Lipinski definition) is 1. The van der Waals surface area contributed by atoms with Gasteiger partial charge in [0.15, 0.2) is 0 Å². The van der Waals surface area contributed by atoms with Crippen LogP contribution in [0.2, 0.25) is 0 Å². The molecule has 0 bridgehead atoms. The summed E-state index contributed by atoms with van der Waals surface area (Å²) >= 11 is 0. The Hall–Kier alpha value is -2.11. The molecule has 0 fully saturated rings. The van der Waals surface area contributed by atoms with Crippen LogP contribution in [0.3, 0.4) is 0 Å². The van der Waals surface area contributed by atoms with E-state index >= 15 is 0 Å². The van der Waals surface area contributed by atoms with E-state index in [1.165, 1.54) is 16.2 Å². The van der Waals surface area contributed by atoms with E-state index in [0.717, 1.165) is 11.3 Å². The highest BCUT2D eigenvalue weighted by Crippen LogP contribution is 2.29. The second-order valence-electron chi connectivity index (χ2n) is 4.77. The Kier molecular flexibility index (Phi) is 4.33. The molecule has 0 heterocycles. The first kappa shape index (κ1) is 13.9. The van der Waals surface area contributed by atoms with E-state index in [0.29, 0.717) is 8.58 Å². The van der Waals surface area contributed by atoms with Crippen molar-refractivity contribution >= 4 is 19.2 Å². The number of methoxy groups -OCH3 is 1. The molecule has 0 aliphatic rings. The van der Waals surface area contributed by atoms with Gasteiger partial charge in [-0.25, -0.2) is 0 Å². The van der Waals surface area contributed by atoms with Crippen molar-refractivity contribution in [2.45, 2.75) is 0 Å². The summed E-state index contributed by atoms with van der Waals surface area (Å²) in [5, 5.41) is 2.69. The van der Waals surface area contributed by atoms with Crippen molar-refractivity contribution in [3.8, 4) is 16.9 Å². The minimum Gasteiger partial charge on any atom is -0.496 e. The molecule has 2 heteroatoms. The molecule has 3 aromatic carbocycles. The molecule has 0 aromatic heterocycles. The summed E-state index contributed by atoms with van der Waals surface area (Å²) in [6.07, 6.45) is 0. The van der Waals surface area contributed by atoms with Crippen molar-refractivity contribution in [3.63, 3.8) is 0 Å². The van der Waals surface area contributed by atoms with Crippen molar-refractivity contribution in [1.82, 2.24) is 0 Å². The van der Waals surface area contributed by atoms with Gasteiger partial charge in [0, 0.05) is 5.56 Å². The van der Waals surface area contributed by atoms with Crippen LogP contribution in [-0.4, -0.2) is 7.11 Å². The molecule has 3 aromatic rings. The molecule has 1 atom stereocenters. The number of ether oxygens (including phenoxy) is 1. The van der Waals surface area contributed by atoms with Crippen LogP contribution >= 0.6 is 8.58 Å². The lowest BCUT2D eigenvalue weighted by Crippen LogP contribution is -2.02. The molecule has 0 radical (unpaired) electrons. The lowest BCUT2D eigenvalue weighted by molar-refractivity contribution is 0.416. The Labute approximate surface area is 127 Å². The lowest BCUT2D eigenvalue weighted by Gasteiger charge is -2.10. The van der Waals surface area contributed by atoms with E-state index in [9.17, 15) is 0 Å². The van der Waals surface area contributed by atoms with Crippen LogP contribution < -0.4 is 15.3 Å². The molecular formula is C19H17OP. The summed E-state index contributed by atoms with van der Waals surface area (Å²) in [4.78, 5) is 0. The van der Waals surface area contributed by atoms with Crippen LogP contribution in [-0.2, 0) is 0 Å². The smallest absolute Gasteiger partial charge is 0.126 e. The first-order valence-corrected chi connectivity index (χ1v) is 7.92. The van der Waals surface area contributed by atoms with Gasteiger partial charge in [-0.2, -0.15) is 0 Å². The van der Waals surface area contributed by atoms with Crippen molar-refractivity contribution in [2.24, 2.45) is 0 Å². The highest BCUT2D eigenvalue weighted by molar-refractivity contribution is 7.55. The maximum Gasteiger partial charge on any atom is 0.126 e. The van der Waals surface area contributed by atoms with Gasteiger partial charge in [0.25, 0.3) is 0 Å². The van der Waals surface area contributed by atoms with Gasteiger partial charge in [-0.15, -0.1) is 0 Å². The average Bonchev–Trinajstić information content (AvgIpc) is 2.56. The molecule has 0 saturated heterocycles. The SMILES string of the molecule is COc1ccccc1-c1cccc(Pc2ccccc2)c1. The van der Waals surface area contributed by atoms with Crippen LogP contribution in [0.15, 0.2) is 78.9 Å². The summed E-state index contributed by atoms with van der Waals surface area (Å²) in [7, 11) is 2.39. The van der Waals surface area contributed by atoms with E-state index in [-0.39, 0.29) is 0 Å². The first-order chi connectivity index (χ1) is 10.4. The van der Waals surface area contributed by atoms with E-state index in [4.69, 9.17) is 4.74 Å². The highest BCUT2D eigenvalue weighted by Gasteiger charge is 2.05. The number of rotatable bonds is 4. The zero-order valence-electron chi connectivity index (χ0n) is 11.9. The van der Waals surface area contributed by atoms with Crippen molar-refractivity contribution < 1.29 is 4.74 Å². The first-order valence-electron chi connectivity index (χ1n) is 6.92. The quantitative estimate of drug-likeness (QED) is 0.661. The largest absolute Gasteiger partial charge is 0.496 e. The molecule has 0 amide bonds. The third-order valence-electron chi connectivity index (χ3n) is 3.34. The topological polar surface area (TPSA) is 9.23 Å². The second-order valence-corrected chi connectivity index (χ2v) is 6.18. The van der Waals surface area contributed by atoms with Crippen molar-refractivity contribution in [1.29, 1.82) is 0 Å². The molecule has 21 heavy (non-hydrogen) atoms. The van der Waals surface area contributed by atoms with Crippen LogP contribution in [0.4, 0.5) is 0 Å². The van der Waals surface area contributed by atoms with Gasteiger partial charge >= 0.3 is 0 Å². The molecule has 0 spiro atoms. The highest BCUT2D eigenvalue weighted by atomic mass is 31.1. The molecule has 0 aliphatic carbocycles. The van der Waals surface area contributed by atoms with Gasteiger partial charge in [-0.3, -0.25) is 0 Å². The number of benzene rings is 3. The summed E-state index contributed by atoms with van der Waals surface area (Å²) < 4.78 is 5.46. The maximum atomic E-state index is 5.46. The van der Waals surface area contributed by atoms with Crippen LogP contribution in [0.1, 0.15) is 0 Å². The second kappa shape index (κ2) is 6.56. The third kappa shape index (κ3) is 3.32. The molecule has 1 nitrogen and oxygen atoms in total. The molecule has 104 valence electrons. The maximum absolute atomic E-state index is 5.46. The summed E-state index contributed by atoms with van der Waals surface area (Å²) in [5.74, 6) is 0.915. The third-order valence-corrected chi connectivity index (χ3v) is 4.56. The lowest BCUT2D eigenvalue weighted by atomic mass is 10.1. The van der Waals surface area contributed by atoms with Crippen LogP contribution in [0.5, 0.6) is 5.75 Å². The normalized spacial score (nSPS) is 10.9. The van der Waals surface area contributed by atoms with E-state index in [1.807, 2.05) is 18.2 Å². The van der Waals surface area contributed by atoms with Crippen molar-refractivity contribution in [3.05, 3.63) is 78.9 Å². The minimum absolute atomic E-state index is 0.675. The van der Waals surface area contributed by atoms with Gasteiger partial charge in [0.2, 0.25) is 0 Å². The van der Waals surface area contributed by atoms with E-state index < -0.39 is 0 Å². The molecular weight excluding hydrogens is 275 g/mol. The van der Waals surface area contributed by atoms with E-state index in [1.54, 1.807) is 7.11 Å². The number of hydrogen-bond donors (Lipinski definition) is 0. The van der Waals surface area contributed by atoms with Gasteiger partial charge in [-0.1, -0.05) is 75.3 Å². The van der Waals surface area contributed by atoms with Gasteiger partial charge in [0.05, 0.1) is 7.11 Å². The van der Waals surface area contributed by atoms with E-state index in [2.05, 4.69) is 60.7 Å². The Bertz CT molecular complexity index is 722. The predicted octanol–water partition coefficient (Wildman–Crippen LogP) is 3.99. The Morgan fingerprint density at radius 1 is 0.714 bits per heavy atom. The Balaban J connectivity index is 1.93. The molecule has 0 N–H and O–H groups in total. The Morgan fingerprint density at radius 2 is 1.43 bits per heavy atom. The van der Waals surface area contributed by atoms with Gasteiger partial charge < -0.3 is 4.74 Å². The molecule has 0 aliphatic heterocycles. The Morgan fingerprint density at radius 3 is 2.24 bits per heavy atom. The predicted molar refractivity (Wildman–Crippen MR) is 92.5 cm³/mol. The van der Waals surface area contributed by atoms with Crippen molar-refractivity contribution in [2.75, 3.05) is 7.11 Å². The minimum atomic E-state index is 0.675. The average molecular weight is 292 g/mol. The monoisotopic (exact) mass is 292 g/mol. The summed E-state index contributed by atoms with van der Waals surface area (Å²) in [6.45, 7) is 0. The zero-order valence-corrected chi connectivity index (χ0v) is 12.9. The fourth-order valence-electron chi connectivity index (χ4n) is 2.34. The summed E-state index contributed by atoms with van der Waals surface area (Å²) in [5.41, 5.74) is 2.34.